The Balaban J connectivity index is 2.85. The number of methoxy groups -OCH3 is 2. The standard InChI is InChI=1S/C14H23N3O3/c1-5-12-10-13(16-11(2)15-12)17(8-9-19-3)7-6-14(18)20-4/h10H,5-9H2,1-4H3. The normalized spacial score (nSPS) is 10.4. The SMILES string of the molecule is CCc1cc(N(CCOC)CCC(=O)OC)nc(C)n1. The molecule has 0 aliphatic rings. The number of rotatable bonds is 8. The van der Waals surface area contributed by atoms with Gasteiger partial charge in [0.2, 0.25) is 0 Å². The number of nitrogens with zero attached hydrogens (tertiary/aromatic N) is 3. The predicted octanol–water partition coefficient (Wildman–Crippen LogP) is 1.36. The summed E-state index contributed by atoms with van der Waals surface area (Å²) in [4.78, 5) is 22.1. The van der Waals surface area contributed by atoms with Crippen molar-refractivity contribution in [2.24, 2.45) is 0 Å². The Morgan fingerprint density at radius 3 is 2.65 bits per heavy atom. The van der Waals surface area contributed by atoms with Crippen LogP contribution in [0, 0.1) is 6.92 Å². The van der Waals surface area contributed by atoms with Crippen LogP contribution in [0.4, 0.5) is 5.82 Å². The predicted molar refractivity (Wildman–Crippen MR) is 76.9 cm³/mol. The van der Waals surface area contributed by atoms with Gasteiger partial charge in [-0.05, 0) is 13.3 Å². The van der Waals surface area contributed by atoms with Crippen molar-refractivity contribution in [1.29, 1.82) is 0 Å². The van der Waals surface area contributed by atoms with Gasteiger partial charge in [-0.15, -0.1) is 0 Å². The van der Waals surface area contributed by atoms with Gasteiger partial charge in [-0.1, -0.05) is 6.92 Å². The quantitative estimate of drug-likeness (QED) is 0.670. The summed E-state index contributed by atoms with van der Waals surface area (Å²) in [6, 6.07) is 1.96. The average Bonchev–Trinajstić information content (AvgIpc) is 2.46. The molecule has 112 valence electrons. The molecule has 0 atom stereocenters. The van der Waals surface area contributed by atoms with Crippen LogP contribution in [0.1, 0.15) is 24.9 Å². The Bertz CT molecular complexity index is 438. The first-order chi connectivity index (χ1) is 9.60. The molecule has 1 rings (SSSR count). The zero-order valence-electron chi connectivity index (χ0n) is 12.7. The first-order valence-corrected chi connectivity index (χ1v) is 6.76. The summed E-state index contributed by atoms with van der Waals surface area (Å²) in [6.45, 7) is 5.73. The van der Waals surface area contributed by atoms with Crippen LogP contribution in [0.2, 0.25) is 0 Å². The minimum atomic E-state index is -0.228. The lowest BCUT2D eigenvalue weighted by molar-refractivity contribution is -0.140. The van der Waals surface area contributed by atoms with Gasteiger partial charge >= 0.3 is 5.97 Å². The van der Waals surface area contributed by atoms with Gasteiger partial charge in [0.05, 0.1) is 20.1 Å². The molecular weight excluding hydrogens is 258 g/mol. The summed E-state index contributed by atoms with van der Waals surface area (Å²) in [5, 5.41) is 0. The molecule has 0 N–H and O–H groups in total. The van der Waals surface area contributed by atoms with Gasteiger partial charge in [0, 0.05) is 32.0 Å². The molecule has 1 aromatic rings. The molecule has 0 spiro atoms. The summed E-state index contributed by atoms with van der Waals surface area (Å²) in [5.41, 5.74) is 0.994. The van der Waals surface area contributed by atoms with Crippen LogP contribution in [-0.2, 0) is 20.7 Å². The Labute approximate surface area is 120 Å². The molecule has 1 aromatic heterocycles. The van der Waals surface area contributed by atoms with Crippen molar-refractivity contribution in [1.82, 2.24) is 9.97 Å². The second kappa shape index (κ2) is 8.47. The molecule has 0 fully saturated rings. The number of aromatic nitrogens is 2. The minimum absolute atomic E-state index is 0.228. The third-order valence-electron chi connectivity index (χ3n) is 2.94. The van der Waals surface area contributed by atoms with E-state index in [0.717, 1.165) is 23.8 Å². The van der Waals surface area contributed by atoms with E-state index in [9.17, 15) is 4.79 Å². The summed E-state index contributed by atoms with van der Waals surface area (Å²) >= 11 is 0. The van der Waals surface area contributed by atoms with E-state index in [4.69, 9.17) is 4.74 Å². The number of carbonyl (C=O) groups is 1. The van der Waals surface area contributed by atoms with E-state index in [0.29, 0.717) is 26.1 Å². The highest BCUT2D eigenvalue weighted by atomic mass is 16.5. The van der Waals surface area contributed by atoms with Gasteiger partial charge in [0.1, 0.15) is 11.6 Å². The molecule has 0 aliphatic heterocycles. The first kappa shape index (κ1) is 16.4. The van der Waals surface area contributed by atoms with Gasteiger partial charge in [-0.2, -0.15) is 0 Å². The maximum Gasteiger partial charge on any atom is 0.307 e. The number of hydrogen-bond acceptors (Lipinski definition) is 6. The number of ether oxygens (including phenoxy) is 2. The van der Waals surface area contributed by atoms with E-state index >= 15 is 0 Å². The van der Waals surface area contributed by atoms with Crippen molar-refractivity contribution in [2.75, 3.05) is 38.8 Å². The third kappa shape index (κ3) is 5.13. The van der Waals surface area contributed by atoms with E-state index in [1.54, 1.807) is 7.11 Å². The number of esters is 1. The van der Waals surface area contributed by atoms with Gasteiger partial charge in [-0.3, -0.25) is 4.79 Å². The first-order valence-electron chi connectivity index (χ1n) is 6.76. The Morgan fingerprint density at radius 1 is 1.30 bits per heavy atom. The minimum Gasteiger partial charge on any atom is -0.469 e. The molecular formula is C14H23N3O3. The van der Waals surface area contributed by atoms with Gasteiger partial charge in [0.25, 0.3) is 0 Å². The summed E-state index contributed by atoms with van der Waals surface area (Å²) in [5.74, 6) is 1.34. The molecule has 6 nitrogen and oxygen atoms in total. The molecule has 0 unspecified atom stereocenters. The van der Waals surface area contributed by atoms with Crippen molar-refractivity contribution in [3.05, 3.63) is 17.6 Å². The van der Waals surface area contributed by atoms with Crippen LogP contribution in [0.5, 0.6) is 0 Å². The zero-order chi connectivity index (χ0) is 15.0. The van der Waals surface area contributed by atoms with Crippen molar-refractivity contribution >= 4 is 11.8 Å². The Kier molecular flexibility index (Phi) is 6.93. The van der Waals surface area contributed by atoms with Crippen molar-refractivity contribution in [3.8, 4) is 0 Å². The second-order valence-electron chi connectivity index (χ2n) is 4.42. The summed E-state index contributed by atoms with van der Waals surface area (Å²) in [7, 11) is 3.05. The summed E-state index contributed by atoms with van der Waals surface area (Å²) in [6.07, 6.45) is 1.18. The van der Waals surface area contributed by atoms with Gasteiger partial charge in [-0.25, -0.2) is 9.97 Å². The molecule has 0 aliphatic carbocycles. The maximum absolute atomic E-state index is 11.3. The van der Waals surface area contributed by atoms with Crippen LogP contribution in [0.15, 0.2) is 6.07 Å². The highest BCUT2D eigenvalue weighted by Crippen LogP contribution is 2.14. The number of carbonyl (C=O) groups excluding carboxylic acids is 1. The number of anilines is 1. The van der Waals surface area contributed by atoms with E-state index in [1.807, 2.05) is 17.9 Å². The zero-order valence-corrected chi connectivity index (χ0v) is 12.7. The van der Waals surface area contributed by atoms with E-state index in [2.05, 4.69) is 21.6 Å². The van der Waals surface area contributed by atoms with Crippen molar-refractivity contribution in [3.63, 3.8) is 0 Å². The third-order valence-corrected chi connectivity index (χ3v) is 2.94. The van der Waals surface area contributed by atoms with Crippen LogP contribution in [-0.4, -0.2) is 49.9 Å². The van der Waals surface area contributed by atoms with Crippen LogP contribution < -0.4 is 4.90 Å². The fraction of sp³-hybridized carbons (Fsp3) is 0.643. The molecule has 20 heavy (non-hydrogen) atoms. The summed E-state index contributed by atoms with van der Waals surface area (Å²) < 4.78 is 9.79. The molecule has 1 heterocycles. The van der Waals surface area contributed by atoms with Crippen LogP contribution in [0.25, 0.3) is 0 Å². The Hall–Kier alpha value is -1.69. The molecule has 0 radical (unpaired) electrons. The van der Waals surface area contributed by atoms with E-state index in [-0.39, 0.29) is 5.97 Å². The number of aryl methyl sites for hydroxylation is 2. The molecule has 0 aromatic carbocycles. The van der Waals surface area contributed by atoms with Crippen molar-refractivity contribution < 1.29 is 14.3 Å². The van der Waals surface area contributed by atoms with Gasteiger partial charge < -0.3 is 14.4 Å². The topological polar surface area (TPSA) is 64.5 Å². The number of hydrogen-bond donors (Lipinski definition) is 0. The molecule has 0 bridgehead atoms. The lowest BCUT2D eigenvalue weighted by Crippen LogP contribution is -2.31. The van der Waals surface area contributed by atoms with E-state index in [1.165, 1.54) is 7.11 Å². The monoisotopic (exact) mass is 281 g/mol. The lowest BCUT2D eigenvalue weighted by Gasteiger charge is -2.23. The van der Waals surface area contributed by atoms with E-state index < -0.39 is 0 Å². The molecule has 0 amide bonds. The smallest absolute Gasteiger partial charge is 0.307 e. The van der Waals surface area contributed by atoms with Crippen molar-refractivity contribution in [2.45, 2.75) is 26.7 Å². The second-order valence-corrected chi connectivity index (χ2v) is 4.42. The maximum atomic E-state index is 11.3. The largest absolute Gasteiger partial charge is 0.469 e. The Morgan fingerprint density at radius 2 is 2.05 bits per heavy atom. The van der Waals surface area contributed by atoms with Crippen LogP contribution >= 0.6 is 0 Å². The van der Waals surface area contributed by atoms with Gasteiger partial charge in [0.15, 0.2) is 0 Å². The molecule has 6 heteroatoms. The highest BCUT2D eigenvalue weighted by molar-refractivity contribution is 5.69. The lowest BCUT2D eigenvalue weighted by atomic mass is 10.3. The van der Waals surface area contributed by atoms with Crippen LogP contribution in [0.3, 0.4) is 0 Å². The highest BCUT2D eigenvalue weighted by Gasteiger charge is 2.12. The fourth-order valence-corrected chi connectivity index (χ4v) is 1.83. The average molecular weight is 281 g/mol. The molecule has 0 saturated carbocycles. The fourth-order valence-electron chi connectivity index (χ4n) is 1.83. The molecule has 0 saturated heterocycles.